The first kappa shape index (κ1) is 12.5. The van der Waals surface area contributed by atoms with Crippen LogP contribution in [0.1, 0.15) is 25.8 Å². The molecule has 0 spiro atoms. The van der Waals surface area contributed by atoms with E-state index in [0.29, 0.717) is 24.7 Å². The van der Waals surface area contributed by atoms with Crippen molar-refractivity contribution in [3.63, 3.8) is 0 Å². The Morgan fingerprint density at radius 2 is 2.00 bits per heavy atom. The highest BCUT2D eigenvalue weighted by molar-refractivity contribution is 6.31. The summed E-state index contributed by atoms with van der Waals surface area (Å²) < 4.78 is 25.1. The molecule has 0 aliphatic carbocycles. The summed E-state index contributed by atoms with van der Waals surface area (Å²) in [6.45, 7) is 4.42. The number of benzene rings is 1. The SMILES string of the molecule is CC(C)(N)c1c(F)c(Cl)cc2c1OCCCO2. The van der Waals surface area contributed by atoms with Gasteiger partial charge in [0.15, 0.2) is 17.3 Å². The lowest BCUT2D eigenvalue weighted by atomic mass is 9.93. The van der Waals surface area contributed by atoms with E-state index in [-0.39, 0.29) is 10.6 Å². The standard InChI is InChI=1S/C12H15ClFNO2/c1-12(2,15)9-10(14)7(13)6-8-11(9)17-5-3-4-16-8/h6H,3-5,15H2,1-2H3. The Labute approximate surface area is 105 Å². The Balaban J connectivity index is 2.66. The smallest absolute Gasteiger partial charge is 0.169 e. The van der Waals surface area contributed by atoms with E-state index in [1.165, 1.54) is 6.07 Å². The fourth-order valence-corrected chi connectivity index (χ4v) is 2.02. The molecule has 0 fully saturated rings. The molecule has 0 aromatic heterocycles. The summed E-state index contributed by atoms with van der Waals surface area (Å²) in [5, 5.41) is 0.00257. The molecule has 0 radical (unpaired) electrons. The number of hydrogen-bond donors (Lipinski definition) is 1. The van der Waals surface area contributed by atoms with E-state index in [1.54, 1.807) is 13.8 Å². The summed E-state index contributed by atoms with van der Waals surface area (Å²) in [6, 6.07) is 1.44. The number of rotatable bonds is 1. The highest BCUT2D eigenvalue weighted by atomic mass is 35.5. The Bertz CT molecular complexity index is 443. The van der Waals surface area contributed by atoms with Gasteiger partial charge in [-0.15, -0.1) is 0 Å². The summed E-state index contributed by atoms with van der Waals surface area (Å²) in [7, 11) is 0. The van der Waals surface area contributed by atoms with Crippen LogP contribution in [0.5, 0.6) is 11.5 Å². The Hall–Kier alpha value is -1.00. The largest absolute Gasteiger partial charge is 0.489 e. The zero-order chi connectivity index (χ0) is 12.6. The van der Waals surface area contributed by atoms with Gasteiger partial charge >= 0.3 is 0 Å². The fourth-order valence-electron chi connectivity index (χ4n) is 1.83. The molecule has 2 rings (SSSR count). The second kappa shape index (κ2) is 4.35. The van der Waals surface area contributed by atoms with Crippen molar-refractivity contribution in [2.45, 2.75) is 25.8 Å². The first-order valence-corrected chi connectivity index (χ1v) is 5.86. The normalized spacial score (nSPS) is 15.6. The van der Waals surface area contributed by atoms with Crippen molar-refractivity contribution < 1.29 is 13.9 Å². The van der Waals surface area contributed by atoms with Gasteiger partial charge in [-0.3, -0.25) is 0 Å². The van der Waals surface area contributed by atoms with Gasteiger partial charge in [-0.05, 0) is 13.8 Å². The van der Waals surface area contributed by atoms with Crippen LogP contribution >= 0.6 is 11.6 Å². The van der Waals surface area contributed by atoms with Gasteiger partial charge in [0.05, 0.1) is 23.8 Å². The number of ether oxygens (including phenoxy) is 2. The minimum atomic E-state index is -0.882. The van der Waals surface area contributed by atoms with Crippen LogP contribution in [0, 0.1) is 5.82 Å². The molecule has 1 heterocycles. The van der Waals surface area contributed by atoms with E-state index in [9.17, 15) is 4.39 Å². The van der Waals surface area contributed by atoms with Crippen LogP contribution in [0.4, 0.5) is 4.39 Å². The second-order valence-electron chi connectivity index (χ2n) is 4.65. The van der Waals surface area contributed by atoms with Crippen molar-refractivity contribution in [1.82, 2.24) is 0 Å². The molecule has 17 heavy (non-hydrogen) atoms. The van der Waals surface area contributed by atoms with Gasteiger partial charge in [0, 0.05) is 18.0 Å². The van der Waals surface area contributed by atoms with Gasteiger partial charge in [0.1, 0.15) is 0 Å². The van der Waals surface area contributed by atoms with E-state index in [0.717, 1.165) is 6.42 Å². The average molecular weight is 260 g/mol. The number of nitrogens with two attached hydrogens (primary N) is 1. The van der Waals surface area contributed by atoms with Crippen LogP contribution in [0.15, 0.2) is 6.07 Å². The highest BCUT2D eigenvalue weighted by Crippen LogP contribution is 2.42. The lowest BCUT2D eigenvalue weighted by Crippen LogP contribution is -2.31. The molecule has 0 saturated carbocycles. The molecular formula is C12H15ClFNO2. The Morgan fingerprint density at radius 3 is 2.65 bits per heavy atom. The molecule has 3 nitrogen and oxygen atoms in total. The topological polar surface area (TPSA) is 44.5 Å². The van der Waals surface area contributed by atoms with Crippen LogP contribution < -0.4 is 15.2 Å². The van der Waals surface area contributed by atoms with E-state index in [1.807, 2.05) is 0 Å². The van der Waals surface area contributed by atoms with Gasteiger partial charge in [-0.1, -0.05) is 11.6 Å². The van der Waals surface area contributed by atoms with Crippen molar-refractivity contribution in [3.05, 3.63) is 22.5 Å². The predicted molar refractivity (Wildman–Crippen MR) is 64.2 cm³/mol. The monoisotopic (exact) mass is 259 g/mol. The van der Waals surface area contributed by atoms with Crippen LogP contribution in [-0.2, 0) is 5.54 Å². The summed E-state index contributed by atoms with van der Waals surface area (Å²) in [4.78, 5) is 0. The zero-order valence-corrected chi connectivity index (χ0v) is 10.6. The van der Waals surface area contributed by atoms with Gasteiger partial charge in [0.25, 0.3) is 0 Å². The van der Waals surface area contributed by atoms with Crippen molar-refractivity contribution in [1.29, 1.82) is 0 Å². The number of hydrogen-bond acceptors (Lipinski definition) is 3. The molecule has 0 saturated heterocycles. The molecule has 0 unspecified atom stereocenters. The minimum absolute atomic E-state index is 0.00257. The third-order valence-electron chi connectivity index (χ3n) is 2.57. The number of fused-ring (bicyclic) bond motifs is 1. The first-order valence-electron chi connectivity index (χ1n) is 5.48. The van der Waals surface area contributed by atoms with Gasteiger partial charge in [-0.25, -0.2) is 4.39 Å². The summed E-state index contributed by atoms with van der Waals surface area (Å²) in [5.41, 5.74) is 5.35. The maximum absolute atomic E-state index is 14.1. The van der Waals surface area contributed by atoms with Crippen LogP contribution in [0.3, 0.4) is 0 Å². The molecule has 0 atom stereocenters. The Morgan fingerprint density at radius 1 is 1.35 bits per heavy atom. The molecule has 2 N–H and O–H groups in total. The van der Waals surface area contributed by atoms with E-state index in [4.69, 9.17) is 26.8 Å². The molecule has 0 bridgehead atoms. The van der Waals surface area contributed by atoms with Gasteiger partial charge in [0.2, 0.25) is 0 Å². The van der Waals surface area contributed by atoms with Gasteiger partial charge < -0.3 is 15.2 Å². The van der Waals surface area contributed by atoms with E-state index in [2.05, 4.69) is 0 Å². The van der Waals surface area contributed by atoms with Crippen molar-refractivity contribution in [3.8, 4) is 11.5 Å². The van der Waals surface area contributed by atoms with Crippen LogP contribution in [0.25, 0.3) is 0 Å². The Kier molecular flexibility index (Phi) is 3.19. The molecule has 5 heteroatoms. The molecule has 0 amide bonds. The lowest BCUT2D eigenvalue weighted by Gasteiger charge is -2.24. The maximum Gasteiger partial charge on any atom is 0.169 e. The fraction of sp³-hybridized carbons (Fsp3) is 0.500. The molecule has 94 valence electrons. The van der Waals surface area contributed by atoms with E-state index < -0.39 is 11.4 Å². The first-order chi connectivity index (χ1) is 7.91. The highest BCUT2D eigenvalue weighted by Gasteiger charge is 2.30. The minimum Gasteiger partial charge on any atom is -0.489 e. The lowest BCUT2D eigenvalue weighted by molar-refractivity contribution is 0.293. The van der Waals surface area contributed by atoms with Crippen molar-refractivity contribution >= 4 is 11.6 Å². The second-order valence-corrected chi connectivity index (χ2v) is 5.05. The maximum atomic E-state index is 14.1. The molecule has 1 aromatic rings. The van der Waals surface area contributed by atoms with Crippen molar-refractivity contribution in [2.75, 3.05) is 13.2 Å². The summed E-state index contributed by atoms with van der Waals surface area (Å²) in [6.07, 6.45) is 0.748. The van der Waals surface area contributed by atoms with Gasteiger partial charge in [-0.2, -0.15) is 0 Å². The summed E-state index contributed by atoms with van der Waals surface area (Å²) >= 11 is 5.84. The molecular weight excluding hydrogens is 245 g/mol. The van der Waals surface area contributed by atoms with E-state index >= 15 is 0 Å². The van der Waals surface area contributed by atoms with Crippen molar-refractivity contribution in [2.24, 2.45) is 5.73 Å². The molecule has 1 aliphatic rings. The number of halogens is 2. The third kappa shape index (κ3) is 2.33. The molecule has 1 aromatic carbocycles. The zero-order valence-electron chi connectivity index (χ0n) is 9.85. The van der Waals surface area contributed by atoms with Crippen LogP contribution in [0.2, 0.25) is 5.02 Å². The predicted octanol–water partition coefficient (Wildman–Crippen LogP) is 2.83. The van der Waals surface area contributed by atoms with Crippen LogP contribution in [-0.4, -0.2) is 13.2 Å². The quantitative estimate of drug-likeness (QED) is 0.843. The average Bonchev–Trinajstić information content (AvgIpc) is 2.42. The third-order valence-corrected chi connectivity index (χ3v) is 2.85. The molecule has 1 aliphatic heterocycles. The summed E-state index contributed by atoms with van der Waals surface area (Å²) in [5.74, 6) is 0.294.